The highest BCUT2D eigenvalue weighted by atomic mass is 127. The summed E-state index contributed by atoms with van der Waals surface area (Å²) in [5.74, 6) is 1.67. The van der Waals surface area contributed by atoms with Crippen LogP contribution in [0.5, 0.6) is 0 Å². The molecule has 0 aliphatic heterocycles. The fourth-order valence-corrected chi connectivity index (χ4v) is 1.98. The Kier molecular flexibility index (Phi) is 8.03. The third kappa shape index (κ3) is 5.14. The van der Waals surface area contributed by atoms with Crippen LogP contribution in [0.1, 0.15) is 32.0 Å². The Morgan fingerprint density at radius 3 is 2.86 bits per heavy atom. The van der Waals surface area contributed by atoms with Crippen molar-refractivity contribution in [3.63, 3.8) is 0 Å². The van der Waals surface area contributed by atoms with Gasteiger partial charge in [0, 0.05) is 19.8 Å². The van der Waals surface area contributed by atoms with Gasteiger partial charge in [0.15, 0.2) is 17.4 Å². The first-order valence-corrected chi connectivity index (χ1v) is 7.08. The number of hydrogen-bond acceptors (Lipinski definition) is 3. The molecule has 0 atom stereocenters. The van der Waals surface area contributed by atoms with E-state index in [1.54, 1.807) is 7.05 Å². The van der Waals surface area contributed by atoms with Crippen molar-refractivity contribution in [1.82, 2.24) is 25.2 Å². The average Bonchev–Trinajstić information content (AvgIpc) is 2.90. The molecule has 0 aliphatic rings. The van der Waals surface area contributed by atoms with Gasteiger partial charge in [0.25, 0.3) is 0 Å². The maximum absolute atomic E-state index is 4.20. The number of rotatable bonds is 6. The van der Waals surface area contributed by atoms with E-state index in [0.29, 0.717) is 6.54 Å². The fraction of sp³-hybridized carbons (Fsp3) is 0.500. The van der Waals surface area contributed by atoms with Crippen LogP contribution >= 0.6 is 24.0 Å². The SMILES string of the molecule is CCCCCNC(=NC)NCc1nnc2ccccn12.I. The summed E-state index contributed by atoms with van der Waals surface area (Å²) in [5, 5.41) is 14.9. The van der Waals surface area contributed by atoms with Gasteiger partial charge in [-0.25, -0.2) is 0 Å². The summed E-state index contributed by atoms with van der Waals surface area (Å²) < 4.78 is 1.97. The van der Waals surface area contributed by atoms with Gasteiger partial charge in [-0.2, -0.15) is 0 Å². The zero-order valence-corrected chi connectivity index (χ0v) is 14.9. The Labute approximate surface area is 142 Å². The van der Waals surface area contributed by atoms with E-state index in [1.165, 1.54) is 12.8 Å². The van der Waals surface area contributed by atoms with Crippen LogP contribution in [-0.2, 0) is 6.54 Å². The van der Waals surface area contributed by atoms with Crippen molar-refractivity contribution >= 4 is 35.6 Å². The molecule has 7 heteroatoms. The predicted molar refractivity (Wildman–Crippen MR) is 96.1 cm³/mol. The molecule has 0 bridgehead atoms. The summed E-state index contributed by atoms with van der Waals surface area (Å²) in [7, 11) is 1.77. The average molecular weight is 402 g/mol. The Balaban J connectivity index is 0.00000220. The van der Waals surface area contributed by atoms with E-state index < -0.39 is 0 Å². The molecule has 0 radical (unpaired) electrons. The van der Waals surface area contributed by atoms with Gasteiger partial charge in [-0.15, -0.1) is 34.2 Å². The summed E-state index contributed by atoms with van der Waals surface area (Å²) in [6.07, 6.45) is 5.58. The van der Waals surface area contributed by atoms with Crippen LogP contribution in [0.3, 0.4) is 0 Å². The molecule has 0 saturated heterocycles. The molecule has 0 unspecified atom stereocenters. The van der Waals surface area contributed by atoms with Crippen molar-refractivity contribution in [2.24, 2.45) is 4.99 Å². The molecule has 116 valence electrons. The maximum atomic E-state index is 4.20. The molecule has 0 aromatic carbocycles. The Hall–Kier alpha value is -1.38. The molecule has 0 fully saturated rings. The van der Waals surface area contributed by atoms with Crippen LogP contribution in [-0.4, -0.2) is 34.2 Å². The van der Waals surface area contributed by atoms with Crippen LogP contribution < -0.4 is 10.6 Å². The van der Waals surface area contributed by atoms with E-state index >= 15 is 0 Å². The maximum Gasteiger partial charge on any atom is 0.191 e. The van der Waals surface area contributed by atoms with Crippen LogP contribution in [0.15, 0.2) is 29.4 Å². The predicted octanol–water partition coefficient (Wildman–Crippen LogP) is 2.20. The molecule has 2 rings (SSSR count). The molecule has 2 heterocycles. The molecular formula is C14H23IN6. The number of aliphatic imine (C=N–C) groups is 1. The van der Waals surface area contributed by atoms with E-state index in [1.807, 2.05) is 28.8 Å². The standard InChI is InChI=1S/C14H22N6.HI/c1-3-4-6-9-16-14(15-2)17-11-13-19-18-12-8-5-7-10-20(12)13;/h5,7-8,10H,3-4,6,9,11H2,1-2H3,(H2,15,16,17);1H. The number of fused-ring (bicyclic) bond motifs is 1. The molecule has 0 aliphatic carbocycles. The van der Waals surface area contributed by atoms with Gasteiger partial charge in [-0.3, -0.25) is 9.39 Å². The van der Waals surface area contributed by atoms with Gasteiger partial charge < -0.3 is 10.6 Å². The van der Waals surface area contributed by atoms with Crippen LogP contribution in [0.2, 0.25) is 0 Å². The number of pyridine rings is 1. The Bertz CT molecular complexity index is 565. The monoisotopic (exact) mass is 402 g/mol. The second kappa shape index (κ2) is 9.54. The normalized spacial score (nSPS) is 11.2. The summed E-state index contributed by atoms with van der Waals surface area (Å²) >= 11 is 0. The highest BCUT2D eigenvalue weighted by molar-refractivity contribution is 14.0. The van der Waals surface area contributed by atoms with Gasteiger partial charge in [0.1, 0.15) is 0 Å². The largest absolute Gasteiger partial charge is 0.356 e. The smallest absolute Gasteiger partial charge is 0.191 e. The third-order valence-corrected chi connectivity index (χ3v) is 3.09. The van der Waals surface area contributed by atoms with Gasteiger partial charge in [-0.05, 0) is 18.6 Å². The van der Waals surface area contributed by atoms with Crippen molar-refractivity contribution in [3.05, 3.63) is 30.2 Å². The molecule has 2 aromatic rings. The van der Waals surface area contributed by atoms with Crippen molar-refractivity contribution < 1.29 is 0 Å². The quantitative estimate of drug-likeness (QED) is 0.337. The van der Waals surface area contributed by atoms with E-state index in [-0.39, 0.29) is 24.0 Å². The van der Waals surface area contributed by atoms with Gasteiger partial charge >= 0.3 is 0 Å². The van der Waals surface area contributed by atoms with Crippen molar-refractivity contribution in [3.8, 4) is 0 Å². The lowest BCUT2D eigenvalue weighted by atomic mass is 10.2. The minimum absolute atomic E-state index is 0. The number of aromatic nitrogens is 3. The first kappa shape index (κ1) is 17.7. The second-order valence-corrected chi connectivity index (χ2v) is 4.60. The summed E-state index contributed by atoms with van der Waals surface area (Å²) in [4.78, 5) is 4.20. The van der Waals surface area contributed by atoms with Crippen LogP contribution in [0.25, 0.3) is 5.65 Å². The molecule has 21 heavy (non-hydrogen) atoms. The van der Waals surface area contributed by atoms with Crippen molar-refractivity contribution in [1.29, 1.82) is 0 Å². The fourth-order valence-electron chi connectivity index (χ4n) is 1.98. The number of guanidine groups is 1. The van der Waals surface area contributed by atoms with Gasteiger partial charge in [0.05, 0.1) is 6.54 Å². The van der Waals surface area contributed by atoms with Crippen LogP contribution in [0, 0.1) is 0 Å². The molecule has 0 saturated carbocycles. The summed E-state index contributed by atoms with van der Waals surface area (Å²) in [5.41, 5.74) is 0.857. The lowest BCUT2D eigenvalue weighted by Gasteiger charge is -2.10. The zero-order valence-electron chi connectivity index (χ0n) is 12.5. The first-order chi connectivity index (χ1) is 9.85. The highest BCUT2D eigenvalue weighted by Gasteiger charge is 2.05. The summed E-state index contributed by atoms with van der Waals surface area (Å²) in [6.45, 7) is 3.73. The number of nitrogens with one attached hydrogen (secondary N) is 2. The Morgan fingerprint density at radius 2 is 2.10 bits per heavy atom. The lowest BCUT2D eigenvalue weighted by molar-refractivity contribution is 0.678. The highest BCUT2D eigenvalue weighted by Crippen LogP contribution is 2.02. The van der Waals surface area contributed by atoms with E-state index in [4.69, 9.17) is 0 Å². The molecule has 2 N–H and O–H groups in total. The lowest BCUT2D eigenvalue weighted by Crippen LogP contribution is -2.37. The topological polar surface area (TPSA) is 66.6 Å². The number of halogens is 1. The number of unbranched alkanes of at least 4 members (excludes halogenated alkanes) is 2. The zero-order chi connectivity index (χ0) is 14.2. The van der Waals surface area contributed by atoms with E-state index in [9.17, 15) is 0 Å². The molecule has 2 aromatic heterocycles. The van der Waals surface area contributed by atoms with Crippen molar-refractivity contribution in [2.45, 2.75) is 32.7 Å². The number of hydrogen-bond donors (Lipinski definition) is 2. The summed E-state index contributed by atoms with van der Waals surface area (Å²) in [6, 6.07) is 5.86. The molecule has 6 nitrogen and oxygen atoms in total. The first-order valence-electron chi connectivity index (χ1n) is 7.08. The number of nitrogens with zero attached hydrogens (tertiary/aromatic N) is 4. The molecular weight excluding hydrogens is 379 g/mol. The third-order valence-electron chi connectivity index (χ3n) is 3.09. The molecule has 0 amide bonds. The minimum Gasteiger partial charge on any atom is -0.356 e. The minimum atomic E-state index is 0. The van der Waals surface area contributed by atoms with E-state index in [0.717, 1.165) is 30.4 Å². The van der Waals surface area contributed by atoms with Crippen molar-refractivity contribution in [2.75, 3.05) is 13.6 Å². The van der Waals surface area contributed by atoms with Gasteiger partial charge in [0.2, 0.25) is 0 Å². The van der Waals surface area contributed by atoms with E-state index in [2.05, 4.69) is 32.7 Å². The Morgan fingerprint density at radius 1 is 1.24 bits per heavy atom. The second-order valence-electron chi connectivity index (χ2n) is 4.60. The van der Waals surface area contributed by atoms with Crippen LogP contribution in [0.4, 0.5) is 0 Å². The molecule has 0 spiro atoms. The van der Waals surface area contributed by atoms with Gasteiger partial charge in [-0.1, -0.05) is 25.8 Å².